The molecule has 0 bridgehead atoms. The second-order valence-corrected chi connectivity index (χ2v) is 28.1. The zero-order chi connectivity index (χ0) is 89.1. The SMILES string of the molecule is [2H]c1c([2H])c([2H])c(-c2c([2H])c(-c3cc4c5c(c3)n(-c3cccc(Oc6ccc7c8ccccc8n(-c8cc(C(C)(C)C)ccn8)c7c6)c3)[c-][n+]5-c3c(cc(-c5c(C([2H])([2H])[2H])cccc5C([2H])([2H])[2H])cc3-c3c(C([2H])([2H])[2H])cccc3C([2H])([2H])[2H])-c3cc5c(cc3-c3ccccc3-4)C(C)(C)CCC5(C)C)c([2H])c(-c3c([2H])c([2H])c([2H])c([2H])c3[2H])c2[2H])c([2H])c1[2H]. The van der Waals surface area contributed by atoms with Gasteiger partial charge in [-0.2, -0.15) is 0 Å². The summed E-state index contributed by atoms with van der Waals surface area (Å²) in [6, 6.07) is 39.2. The predicted octanol–water partition coefficient (Wildman–Crippen LogP) is 24.5. The zero-order valence-corrected chi connectivity index (χ0v) is 55.4. The molecule has 0 saturated carbocycles. The van der Waals surface area contributed by atoms with Crippen LogP contribution in [0.3, 0.4) is 0 Å². The topological polar surface area (TPSA) is 35.9 Å². The van der Waals surface area contributed by atoms with Crippen molar-refractivity contribution >= 4 is 32.8 Å². The third kappa shape index (κ3) is 10.4. The van der Waals surface area contributed by atoms with Crippen LogP contribution >= 0.6 is 0 Å². The van der Waals surface area contributed by atoms with Gasteiger partial charge in [-0.05, 0) is 275 Å². The number of fused-ring (bicyclic) bond motifs is 11. The number of rotatable bonds is 9. The van der Waals surface area contributed by atoms with Crippen LogP contribution < -0.4 is 9.30 Å². The molecule has 0 saturated heterocycles. The van der Waals surface area contributed by atoms with Crippen LogP contribution in [0.25, 0.3) is 139 Å². The summed E-state index contributed by atoms with van der Waals surface area (Å²) in [5.41, 5.74) is 0.221. The molecule has 4 heterocycles. The van der Waals surface area contributed by atoms with Crippen molar-refractivity contribution in [1.82, 2.24) is 14.1 Å². The number of hydrogen-bond donors (Lipinski definition) is 0. The van der Waals surface area contributed by atoms with Crippen molar-refractivity contribution in [3.63, 3.8) is 0 Å². The molecule has 0 N–H and O–H groups in total. The Bertz CT molecular complexity index is 6890. The molecule has 15 aromatic rings. The summed E-state index contributed by atoms with van der Waals surface area (Å²) in [7, 11) is 0. The van der Waals surface area contributed by atoms with Crippen molar-refractivity contribution in [3.8, 4) is 118 Å². The van der Waals surface area contributed by atoms with Crippen molar-refractivity contribution in [2.45, 2.75) is 105 Å². The molecule has 0 radical (unpaired) electrons. The lowest BCUT2D eigenvalue weighted by Gasteiger charge is -2.42. The molecule has 0 spiro atoms. The number of pyridine rings is 1. The second kappa shape index (κ2) is 23.3. The number of para-hydroxylation sites is 1. The van der Waals surface area contributed by atoms with Gasteiger partial charge >= 0.3 is 0 Å². The average molecular weight is 1310 g/mol. The first kappa shape index (κ1) is 39.9. The van der Waals surface area contributed by atoms with E-state index in [-0.39, 0.29) is 72.5 Å². The van der Waals surface area contributed by atoms with Crippen molar-refractivity contribution in [2.75, 3.05) is 0 Å². The molecule has 17 rings (SSSR count). The number of nitrogens with zero attached hydrogens (tertiary/aromatic N) is 4. The summed E-state index contributed by atoms with van der Waals surface area (Å²) in [5, 5.41) is 1.85. The Morgan fingerprint density at radius 1 is 0.465 bits per heavy atom. The highest BCUT2D eigenvalue weighted by Gasteiger charge is 2.39. The van der Waals surface area contributed by atoms with Crippen LogP contribution in [0, 0.1) is 33.7 Å². The fourth-order valence-electron chi connectivity index (χ4n) is 14.8. The highest BCUT2D eigenvalue weighted by atomic mass is 16.5. The molecule has 3 aromatic heterocycles. The van der Waals surface area contributed by atoms with Gasteiger partial charge in [0.1, 0.15) is 17.3 Å². The van der Waals surface area contributed by atoms with Crippen molar-refractivity contribution < 1.29 is 43.6 Å². The smallest absolute Gasteiger partial charge is 0.269 e. The standard InChI is InChI=1S/C94H80N4O/c1-58-25-22-26-59(2)88(58)68-49-80-78-56-83-82(93(8,9)42-43-94(83,10)11)55-77(78)73-35-18-19-36-74(73)79-48-67(66-46-64(62-29-14-12-15-30-62)45-65(47-66)63-31-16-13-17-32-63)51-86-91(79)97(90(80)81(50-68)89-60(3)27-23-28-61(89)4)57-96(86)70-33-24-34-71(53-70)99-72-39-40-76-75-37-20-21-38-84(75)98(85(76)54-72)87-52-69(41-44-95-87)92(5,6)7/h12-41,44-56H,42-43H2,1-11H3/i1D3,2D3,3D3,4D3,12D,13D,14D,15D,16D,17D,29D,30D,31D,32D,45D,46D,47D. The van der Waals surface area contributed by atoms with Gasteiger partial charge in [0, 0.05) is 39.5 Å². The summed E-state index contributed by atoms with van der Waals surface area (Å²) in [6.07, 6.45) is 6.88. The Morgan fingerprint density at radius 3 is 1.67 bits per heavy atom. The molecule has 5 nitrogen and oxygen atoms in total. The minimum atomic E-state index is -3.14. The fraction of sp³-hybridized carbons (Fsp3) is 0.170. The molecule has 12 aromatic carbocycles. The van der Waals surface area contributed by atoms with Gasteiger partial charge in [-0.1, -0.05) is 206 Å². The number of aromatic nitrogens is 4. The molecule has 5 heteroatoms. The third-order valence-corrected chi connectivity index (χ3v) is 19.9. The Morgan fingerprint density at radius 2 is 1.02 bits per heavy atom. The van der Waals surface area contributed by atoms with E-state index in [0.717, 1.165) is 38.5 Å². The van der Waals surface area contributed by atoms with Crippen molar-refractivity contribution in [2.24, 2.45) is 0 Å². The normalized spacial score (nSPS) is 17.8. The predicted molar refractivity (Wildman–Crippen MR) is 412 cm³/mol. The van der Waals surface area contributed by atoms with Crippen LogP contribution in [-0.4, -0.2) is 14.1 Å². The summed E-state index contributed by atoms with van der Waals surface area (Å²) < 4.78 is 247. The molecule has 0 fully saturated rings. The summed E-state index contributed by atoms with van der Waals surface area (Å²) >= 11 is 0. The lowest BCUT2D eigenvalue weighted by Crippen LogP contribution is -2.34. The Hall–Kier alpha value is -11.1. The molecule has 0 unspecified atom stereocenters. The van der Waals surface area contributed by atoms with Crippen LogP contribution in [0.4, 0.5) is 0 Å². The maximum Gasteiger partial charge on any atom is 0.269 e. The van der Waals surface area contributed by atoms with E-state index in [1.54, 1.807) is 63.9 Å². The van der Waals surface area contributed by atoms with Crippen LogP contribution in [-0.2, 0) is 16.2 Å². The maximum atomic E-state index is 10.7. The molecular weight excluding hydrogens is 1200 g/mol. The van der Waals surface area contributed by atoms with Crippen LogP contribution in [0.5, 0.6) is 11.5 Å². The van der Waals surface area contributed by atoms with Gasteiger partial charge < -0.3 is 4.74 Å². The first-order chi connectivity index (χ1) is 58.1. The van der Waals surface area contributed by atoms with E-state index < -0.39 is 167 Å². The van der Waals surface area contributed by atoms with Gasteiger partial charge in [0.2, 0.25) is 0 Å². The van der Waals surface area contributed by atoms with Crippen molar-refractivity contribution in [3.05, 3.63) is 306 Å². The van der Waals surface area contributed by atoms with Gasteiger partial charge in [-0.15, -0.1) is 0 Å². The fourth-order valence-corrected chi connectivity index (χ4v) is 14.8. The number of hydrogen-bond acceptors (Lipinski definition) is 2. The lowest BCUT2D eigenvalue weighted by molar-refractivity contribution is -0.570. The molecule has 482 valence electrons. The largest absolute Gasteiger partial charge is 0.458 e. The van der Waals surface area contributed by atoms with Crippen molar-refractivity contribution in [1.29, 1.82) is 0 Å². The van der Waals surface area contributed by atoms with Crippen LogP contribution in [0.1, 0.15) is 135 Å². The van der Waals surface area contributed by atoms with Gasteiger partial charge in [-0.3, -0.25) is 13.7 Å². The summed E-state index contributed by atoms with van der Waals surface area (Å²) in [6.45, 7) is 2.55. The second-order valence-electron chi connectivity index (χ2n) is 28.1. The minimum absolute atomic E-state index is 0.0267. The number of ether oxygens (including phenoxy) is 1. The maximum absolute atomic E-state index is 10.7. The number of aryl methyl sites for hydroxylation is 4. The lowest BCUT2D eigenvalue weighted by atomic mass is 9.62. The van der Waals surface area contributed by atoms with E-state index in [1.807, 2.05) is 72.8 Å². The summed E-state index contributed by atoms with van der Waals surface area (Å²) in [4.78, 5) is 4.91. The Labute approximate surface area is 617 Å². The first-order valence-electron chi connectivity index (χ1n) is 45.5. The molecule has 1 aliphatic heterocycles. The van der Waals surface area contributed by atoms with E-state index in [4.69, 9.17) is 17.9 Å². The molecule has 1 aliphatic carbocycles. The van der Waals surface area contributed by atoms with Crippen LogP contribution in [0.15, 0.2) is 261 Å². The first-order valence-corrected chi connectivity index (χ1v) is 33.0. The average Bonchev–Trinajstić information content (AvgIpc) is 1.46. The molecule has 99 heavy (non-hydrogen) atoms. The summed E-state index contributed by atoms with van der Waals surface area (Å²) in [5.74, 6) is 1.30. The monoisotopic (exact) mass is 1310 g/mol. The number of imidazole rings is 1. The van der Waals surface area contributed by atoms with Gasteiger partial charge in [0.05, 0.1) is 51.3 Å². The number of benzene rings is 12. The van der Waals surface area contributed by atoms with E-state index in [1.165, 1.54) is 42.5 Å². The highest BCUT2D eigenvalue weighted by molar-refractivity contribution is 6.10. The van der Waals surface area contributed by atoms with Gasteiger partial charge in [0.25, 0.3) is 6.33 Å². The molecule has 0 atom stereocenters. The molecular formula is C94H80N4O. The van der Waals surface area contributed by atoms with Gasteiger partial charge in [-0.25, -0.2) is 4.98 Å². The highest BCUT2D eigenvalue weighted by Crippen LogP contribution is 2.54. The van der Waals surface area contributed by atoms with E-state index in [0.29, 0.717) is 46.7 Å². The van der Waals surface area contributed by atoms with E-state index >= 15 is 0 Å². The van der Waals surface area contributed by atoms with Crippen LogP contribution in [0.2, 0.25) is 0 Å². The van der Waals surface area contributed by atoms with Gasteiger partial charge in [0.15, 0.2) is 0 Å². The molecule has 0 amide bonds. The Balaban J connectivity index is 1.08. The molecule has 2 aliphatic rings. The van der Waals surface area contributed by atoms with E-state index in [2.05, 4.69) is 71.5 Å². The van der Waals surface area contributed by atoms with E-state index in [9.17, 15) is 26.0 Å². The quantitative estimate of drug-likeness (QED) is 0.107. The Kier molecular flexibility index (Phi) is 9.39. The zero-order valence-electron chi connectivity index (χ0n) is 80.4. The minimum Gasteiger partial charge on any atom is -0.458 e. The third-order valence-electron chi connectivity index (χ3n) is 19.9.